The number of esters is 1. The quantitative estimate of drug-likeness (QED) is 0.561. The normalized spacial score (nSPS) is 13.7. The van der Waals surface area contributed by atoms with Crippen LogP contribution < -0.4 is 5.73 Å². The molecule has 0 radical (unpaired) electrons. The van der Waals surface area contributed by atoms with Gasteiger partial charge in [0.15, 0.2) is 0 Å². The zero-order chi connectivity index (χ0) is 15.7. The highest BCUT2D eigenvalue weighted by Crippen LogP contribution is 2.32. The van der Waals surface area contributed by atoms with Gasteiger partial charge in [-0.3, -0.25) is 4.79 Å². The summed E-state index contributed by atoms with van der Waals surface area (Å²) in [4.78, 5) is 12.4. The van der Waals surface area contributed by atoms with E-state index in [1.165, 1.54) is 6.07 Å². The molecule has 1 aromatic carbocycles. The van der Waals surface area contributed by atoms with Crippen LogP contribution in [0.3, 0.4) is 0 Å². The molecule has 1 atom stereocenters. The van der Waals surface area contributed by atoms with E-state index in [1.54, 1.807) is 32.2 Å². The van der Waals surface area contributed by atoms with E-state index in [2.05, 4.69) is 0 Å². The van der Waals surface area contributed by atoms with Crippen molar-refractivity contribution >= 4 is 5.97 Å². The Kier molecular flexibility index (Phi) is 7.32. The second kappa shape index (κ2) is 8.74. The molecule has 0 aliphatic rings. The number of benzene rings is 1. The summed E-state index contributed by atoms with van der Waals surface area (Å²) in [5, 5.41) is 0. The first-order chi connectivity index (χ1) is 10.1. The summed E-state index contributed by atoms with van der Waals surface area (Å²) in [6.45, 7) is 2.58. The van der Waals surface area contributed by atoms with E-state index in [4.69, 9.17) is 15.2 Å². The monoisotopic (exact) mass is 297 g/mol. The first-order valence-electron chi connectivity index (χ1n) is 7.23. The van der Waals surface area contributed by atoms with Gasteiger partial charge in [0.1, 0.15) is 11.2 Å². The number of halogens is 1. The number of hydrogen-bond donors (Lipinski definition) is 1. The molecule has 1 rings (SSSR count). The Morgan fingerprint density at radius 2 is 2.05 bits per heavy atom. The second-order valence-electron chi connectivity index (χ2n) is 4.94. The third-order valence-corrected chi connectivity index (χ3v) is 3.61. The average Bonchev–Trinajstić information content (AvgIpc) is 2.49. The Morgan fingerprint density at radius 3 is 2.62 bits per heavy atom. The van der Waals surface area contributed by atoms with Crippen molar-refractivity contribution in [2.45, 2.75) is 31.6 Å². The molecule has 1 aromatic rings. The van der Waals surface area contributed by atoms with Gasteiger partial charge in [-0.2, -0.15) is 0 Å². The lowest BCUT2D eigenvalue weighted by Gasteiger charge is -2.31. The van der Waals surface area contributed by atoms with Gasteiger partial charge < -0.3 is 15.2 Å². The van der Waals surface area contributed by atoms with Crippen molar-refractivity contribution in [3.05, 3.63) is 35.6 Å². The molecule has 0 bridgehead atoms. The highest BCUT2D eigenvalue weighted by atomic mass is 19.1. The van der Waals surface area contributed by atoms with Crippen LogP contribution in [-0.2, 0) is 19.7 Å². The molecule has 0 aromatic heterocycles. The zero-order valence-electron chi connectivity index (χ0n) is 12.7. The van der Waals surface area contributed by atoms with Crippen molar-refractivity contribution in [3.63, 3.8) is 0 Å². The van der Waals surface area contributed by atoms with Crippen molar-refractivity contribution < 1.29 is 18.7 Å². The molecule has 0 saturated carbocycles. The Hall–Kier alpha value is -1.46. The van der Waals surface area contributed by atoms with E-state index < -0.39 is 17.2 Å². The largest absolute Gasteiger partial charge is 0.465 e. The van der Waals surface area contributed by atoms with Gasteiger partial charge in [-0.25, -0.2) is 4.39 Å². The van der Waals surface area contributed by atoms with Gasteiger partial charge in [-0.05, 0) is 32.3 Å². The molecule has 1 unspecified atom stereocenters. The Morgan fingerprint density at radius 1 is 1.33 bits per heavy atom. The number of unbranched alkanes of at least 4 members (excludes halogenated alkanes) is 1. The first-order valence-corrected chi connectivity index (χ1v) is 7.23. The van der Waals surface area contributed by atoms with Gasteiger partial charge in [0, 0.05) is 25.8 Å². The smallest absolute Gasteiger partial charge is 0.317 e. The molecule has 21 heavy (non-hydrogen) atoms. The highest BCUT2D eigenvalue weighted by molar-refractivity contribution is 5.83. The molecule has 4 nitrogen and oxygen atoms in total. The summed E-state index contributed by atoms with van der Waals surface area (Å²) in [5.41, 5.74) is 5.03. The molecular weight excluding hydrogens is 273 g/mol. The maximum atomic E-state index is 14.2. The predicted molar refractivity (Wildman–Crippen MR) is 79.5 cm³/mol. The number of nitrogens with two attached hydrogens (primary N) is 1. The van der Waals surface area contributed by atoms with E-state index in [0.717, 1.165) is 6.42 Å². The Labute approximate surface area is 125 Å². The van der Waals surface area contributed by atoms with Crippen molar-refractivity contribution in [2.75, 3.05) is 26.9 Å². The third kappa shape index (κ3) is 4.25. The predicted octanol–water partition coefficient (Wildman–Crippen LogP) is 2.40. The Balaban J connectivity index is 3.07. The second-order valence-corrected chi connectivity index (χ2v) is 4.94. The highest BCUT2D eigenvalue weighted by Gasteiger charge is 2.41. The van der Waals surface area contributed by atoms with E-state index in [9.17, 15) is 9.18 Å². The molecular formula is C16H24FNO3. The molecule has 0 saturated heterocycles. The molecule has 2 N–H and O–H groups in total. The molecule has 118 valence electrons. The van der Waals surface area contributed by atoms with Gasteiger partial charge in [0.05, 0.1) is 6.61 Å². The molecule has 0 amide bonds. The summed E-state index contributed by atoms with van der Waals surface area (Å²) in [7, 11) is 1.62. The lowest BCUT2D eigenvalue weighted by molar-refractivity contribution is -0.150. The van der Waals surface area contributed by atoms with Crippen molar-refractivity contribution in [1.82, 2.24) is 0 Å². The Bertz CT molecular complexity index is 453. The average molecular weight is 297 g/mol. The van der Waals surface area contributed by atoms with Gasteiger partial charge in [-0.1, -0.05) is 18.2 Å². The van der Waals surface area contributed by atoms with Crippen LogP contribution >= 0.6 is 0 Å². The standard InChI is InChI=1S/C16H24FNO3/c1-3-21-15(19)16(12-18,10-6-7-11-20-2)13-8-4-5-9-14(13)17/h4-5,8-9H,3,6-7,10-12,18H2,1-2H3. The van der Waals surface area contributed by atoms with Crippen LogP contribution in [0.4, 0.5) is 4.39 Å². The summed E-state index contributed by atoms with van der Waals surface area (Å²) >= 11 is 0. The number of ether oxygens (including phenoxy) is 2. The van der Waals surface area contributed by atoms with E-state index >= 15 is 0 Å². The summed E-state index contributed by atoms with van der Waals surface area (Å²) in [5.74, 6) is -0.891. The fourth-order valence-electron chi connectivity index (χ4n) is 2.43. The van der Waals surface area contributed by atoms with Gasteiger partial charge >= 0.3 is 5.97 Å². The fourth-order valence-corrected chi connectivity index (χ4v) is 2.43. The topological polar surface area (TPSA) is 61.5 Å². The zero-order valence-corrected chi connectivity index (χ0v) is 12.7. The van der Waals surface area contributed by atoms with Crippen LogP contribution in [-0.4, -0.2) is 32.8 Å². The van der Waals surface area contributed by atoms with Crippen LogP contribution in [0.1, 0.15) is 31.7 Å². The number of hydrogen-bond acceptors (Lipinski definition) is 4. The minimum absolute atomic E-state index is 0.0136. The van der Waals surface area contributed by atoms with Crippen molar-refractivity contribution in [2.24, 2.45) is 5.73 Å². The minimum atomic E-state index is -1.13. The van der Waals surface area contributed by atoms with E-state index in [0.29, 0.717) is 25.0 Å². The van der Waals surface area contributed by atoms with E-state index in [1.807, 2.05) is 0 Å². The lowest BCUT2D eigenvalue weighted by atomic mass is 9.76. The van der Waals surface area contributed by atoms with Crippen LogP contribution in [0, 0.1) is 5.82 Å². The van der Waals surface area contributed by atoms with Gasteiger partial charge in [-0.15, -0.1) is 0 Å². The SMILES string of the molecule is CCOC(=O)C(CN)(CCCCOC)c1ccccc1F. The molecule has 0 aliphatic carbocycles. The maximum absolute atomic E-state index is 14.2. The fraction of sp³-hybridized carbons (Fsp3) is 0.562. The third-order valence-electron chi connectivity index (χ3n) is 3.61. The number of carbonyl (C=O) groups excluding carboxylic acids is 1. The first kappa shape index (κ1) is 17.6. The van der Waals surface area contributed by atoms with Crippen LogP contribution in [0.2, 0.25) is 0 Å². The summed E-state index contributed by atoms with van der Waals surface area (Å²) in [6.07, 6.45) is 1.93. The molecule has 0 aliphatic heterocycles. The maximum Gasteiger partial charge on any atom is 0.317 e. The summed E-state index contributed by atoms with van der Waals surface area (Å²) < 4.78 is 24.3. The van der Waals surface area contributed by atoms with Gasteiger partial charge in [0.2, 0.25) is 0 Å². The van der Waals surface area contributed by atoms with Gasteiger partial charge in [0.25, 0.3) is 0 Å². The van der Waals surface area contributed by atoms with Crippen LogP contribution in [0.5, 0.6) is 0 Å². The van der Waals surface area contributed by atoms with Crippen LogP contribution in [0.25, 0.3) is 0 Å². The van der Waals surface area contributed by atoms with Crippen molar-refractivity contribution in [3.8, 4) is 0 Å². The number of carbonyl (C=O) groups is 1. The molecule has 5 heteroatoms. The van der Waals surface area contributed by atoms with Crippen LogP contribution in [0.15, 0.2) is 24.3 Å². The number of methoxy groups -OCH3 is 1. The van der Waals surface area contributed by atoms with E-state index in [-0.39, 0.29) is 13.2 Å². The van der Waals surface area contributed by atoms with Crippen molar-refractivity contribution in [1.29, 1.82) is 0 Å². The molecule has 0 heterocycles. The summed E-state index contributed by atoms with van der Waals surface area (Å²) in [6, 6.07) is 6.25. The lowest BCUT2D eigenvalue weighted by Crippen LogP contribution is -2.45. The number of rotatable bonds is 9. The molecule has 0 fully saturated rings. The minimum Gasteiger partial charge on any atom is -0.465 e. The molecule has 0 spiro atoms.